The molecule has 0 unspecified atom stereocenters. The number of rotatable bonds is 3. The van der Waals surface area contributed by atoms with E-state index >= 15 is 0 Å². The van der Waals surface area contributed by atoms with E-state index in [1.165, 1.54) is 0 Å². The van der Waals surface area contributed by atoms with Crippen LogP contribution in [0.25, 0.3) is 11.3 Å². The zero-order valence-corrected chi connectivity index (χ0v) is 16.2. The Kier molecular flexibility index (Phi) is 6.86. The predicted molar refractivity (Wildman–Crippen MR) is 82.7 cm³/mol. The smallest absolute Gasteiger partial charge is 0.197 e. The maximum atomic E-state index is 12.0. The Balaban J connectivity index is 0.00000220. The Morgan fingerprint density at radius 1 is 1.48 bits per heavy atom. The molecule has 105 valence electrons. The summed E-state index contributed by atoms with van der Waals surface area (Å²) in [5.74, 6) is 3.09. The number of hydrogen-bond acceptors (Lipinski definition) is 2. The largest absolute Gasteiger partial charge is 0.481 e. The van der Waals surface area contributed by atoms with Crippen molar-refractivity contribution in [3.8, 4) is 29.4 Å². The van der Waals surface area contributed by atoms with Crippen molar-refractivity contribution in [2.45, 2.75) is 6.92 Å². The monoisotopic (exact) mass is 419 g/mol. The van der Waals surface area contributed by atoms with Crippen LogP contribution in [-0.4, -0.2) is 11.2 Å². The molecule has 2 rings (SSSR count). The average molecular weight is 420 g/mol. The van der Waals surface area contributed by atoms with Crippen LogP contribution in [-0.2, 0) is 39.8 Å². The van der Waals surface area contributed by atoms with E-state index in [1.54, 1.807) is 24.6 Å². The molecule has 1 aromatic heterocycles. The van der Waals surface area contributed by atoms with E-state index in [2.05, 4.69) is 27.9 Å². The van der Waals surface area contributed by atoms with Gasteiger partial charge < -0.3 is 9.30 Å². The Bertz CT molecular complexity index is 747. The summed E-state index contributed by atoms with van der Waals surface area (Å²) < 4.78 is 7.76. The first kappa shape index (κ1) is 18.2. The van der Waals surface area contributed by atoms with Crippen LogP contribution >= 0.6 is 15.9 Å². The summed E-state index contributed by atoms with van der Waals surface area (Å²) in [5, 5.41) is 0. The fourth-order valence-corrected chi connectivity index (χ4v) is 2.41. The van der Waals surface area contributed by atoms with Crippen LogP contribution in [0.15, 0.2) is 33.5 Å². The molecule has 0 atom stereocenters. The molecule has 0 aliphatic heterocycles. The van der Waals surface area contributed by atoms with Gasteiger partial charge in [0.2, 0.25) is 0 Å². The van der Waals surface area contributed by atoms with E-state index in [4.69, 9.17) is 11.2 Å². The minimum absolute atomic E-state index is 0. The van der Waals surface area contributed by atoms with Crippen LogP contribution in [0.5, 0.6) is 5.75 Å². The zero-order chi connectivity index (χ0) is 14.7. The molecule has 5 heteroatoms. The van der Waals surface area contributed by atoms with Crippen LogP contribution in [0.3, 0.4) is 0 Å². The SMILES string of the molecule is C#CCOc1ccc(-c2[c-]cc(C)c(=O)n2C)c(Br)c1.[Y]. The van der Waals surface area contributed by atoms with Crippen LogP contribution < -0.4 is 10.3 Å². The first-order chi connectivity index (χ1) is 9.54. The number of benzene rings is 1. The molecule has 0 fully saturated rings. The maximum absolute atomic E-state index is 12.0. The molecule has 3 nitrogen and oxygen atoms in total. The van der Waals surface area contributed by atoms with Crippen molar-refractivity contribution in [2.24, 2.45) is 7.05 Å². The molecule has 0 amide bonds. The van der Waals surface area contributed by atoms with Crippen molar-refractivity contribution < 1.29 is 37.4 Å². The topological polar surface area (TPSA) is 31.2 Å². The van der Waals surface area contributed by atoms with Gasteiger partial charge in [0, 0.05) is 39.8 Å². The molecule has 1 aromatic carbocycles. The summed E-state index contributed by atoms with van der Waals surface area (Å²) in [7, 11) is 1.73. The van der Waals surface area contributed by atoms with Crippen molar-refractivity contribution in [1.82, 2.24) is 4.57 Å². The van der Waals surface area contributed by atoms with Gasteiger partial charge in [0.05, 0.1) is 0 Å². The fourth-order valence-electron chi connectivity index (χ4n) is 1.86. The van der Waals surface area contributed by atoms with Crippen LogP contribution in [0.2, 0.25) is 0 Å². The predicted octanol–water partition coefficient (Wildman–Crippen LogP) is 2.93. The number of hydrogen-bond donors (Lipinski definition) is 0. The third-order valence-corrected chi connectivity index (χ3v) is 3.58. The number of nitrogens with zero attached hydrogens (tertiary/aromatic N) is 1. The molecule has 2 aromatic rings. The van der Waals surface area contributed by atoms with Gasteiger partial charge in [-0.3, -0.25) is 4.79 Å². The molecule has 0 N–H and O–H groups in total. The van der Waals surface area contributed by atoms with Crippen molar-refractivity contribution in [3.05, 3.63) is 50.7 Å². The summed E-state index contributed by atoms with van der Waals surface area (Å²) >= 11 is 3.49. The minimum atomic E-state index is -0.0293. The van der Waals surface area contributed by atoms with Gasteiger partial charge in [-0.2, -0.15) is 12.1 Å². The molecule has 0 saturated heterocycles. The molecule has 1 radical (unpaired) electrons. The normalized spacial score (nSPS) is 9.62. The summed E-state index contributed by atoms with van der Waals surface area (Å²) in [6, 6.07) is 10.3. The molecule has 1 heterocycles. The van der Waals surface area contributed by atoms with Gasteiger partial charge >= 0.3 is 0 Å². The summed E-state index contributed by atoms with van der Waals surface area (Å²) in [4.78, 5) is 12.0. The molecule has 0 aliphatic rings. The first-order valence-corrected chi connectivity index (χ1v) is 6.78. The van der Waals surface area contributed by atoms with E-state index in [9.17, 15) is 4.79 Å². The third kappa shape index (κ3) is 4.06. The van der Waals surface area contributed by atoms with Crippen molar-refractivity contribution in [1.29, 1.82) is 0 Å². The van der Waals surface area contributed by atoms with Crippen molar-refractivity contribution in [3.63, 3.8) is 0 Å². The van der Waals surface area contributed by atoms with E-state index < -0.39 is 0 Å². The summed E-state index contributed by atoms with van der Waals surface area (Å²) in [6.07, 6.45) is 5.16. The minimum Gasteiger partial charge on any atom is -0.481 e. The first-order valence-electron chi connectivity index (χ1n) is 5.99. The Hall–Kier alpha value is -0.886. The van der Waals surface area contributed by atoms with Crippen molar-refractivity contribution >= 4 is 15.9 Å². The zero-order valence-electron chi connectivity index (χ0n) is 11.8. The Morgan fingerprint density at radius 3 is 2.81 bits per heavy atom. The number of pyridine rings is 1. The van der Waals surface area contributed by atoms with E-state index in [0.717, 1.165) is 15.7 Å². The van der Waals surface area contributed by atoms with E-state index in [-0.39, 0.29) is 44.9 Å². The second-order valence-corrected chi connectivity index (χ2v) is 5.17. The third-order valence-electron chi connectivity index (χ3n) is 2.92. The maximum Gasteiger partial charge on any atom is 0.197 e. The molecule has 0 spiro atoms. The molecule has 0 bridgehead atoms. The fraction of sp³-hybridized carbons (Fsp3) is 0.188. The van der Waals surface area contributed by atoms with Gasteiger partial charge in [-0.25, -0.2) is 0 Å². The molecular formula is C16H13BrNO2Y-. The van der Waals surface area contributed by atoms with E-state index in [1.807, 2.05) is 18.2 Å². The molecule has 21 heavy (non-hydrogen) atoms. The van der Waals surface area contributed by atoms with Crippen LogP contribution in [0, 0.1) is 25.3 Å². The van der Waals surface area contributed by atoms with Gasteiger partial charge in [0.15, 0.2) is 5.56 Å². The number of aromatic nitrogens is 1. The second-order valence-electron chi connectivity index (χ2n) is 4.32. The number of aryl methyl sites for hydroxylation is 1. The van der Waals surface area contributed by atoms with E-state index in [0.29, 0.717) is 11.3 Å². The van der Waals surface area contributed by atoms with Crippen molar-refractivity contribution in [2.75, 3.05) is 6.61 Å². The Morgan fingerprint density at radius 2 is 2.19 bits per heavy atom. The molecule has 0 aliphatic carbocycles. The van der Waals surface area contributed by atoms with Crippen LogP contribution in [0.4, 0.5) is 0 Å². The summed E-state index contributed by atoms with van der Waals surface area (Å²) in [5.41, 5.74) is 2.23. The second kappa shape index (κ2) is 7.93. The van der Waals surface area contributed by atoms with Gasteiger partial charge in [0.1, 0.15) is 12.4 Å². The number of ether oxygens (including phenoxy) is 1. The van der Waals surface area contributed by atoms with Gasteiger partial charge in [0.25, 0.3) is 0 Å². The number of halogens is 1. The number of terminal acetylenes is 1. The standard InChI is InChI=1S/C16H13BrNO2.Y/c1-4-9-20-12-6-7-13(14(17)10-12)15-8-5-11(2)16(19)18(15)3;/h1,5-7,10H,9H2,2-3H3;/q-1;. The summed E-state index contributed by atoms with van der Waals surface area (Å²) in [6.45, 7) is 2.00. The quantitative estimate of drug-likeness (QED) is 0.565. The van der Waals surface area contributed by atoms with Gasteiger partial charge in [-0.05, 0) is 16.6 Å². The Labute approximate surface area is 157 Å². The van der Waals surface area contributed by atoms with Crippen LogP contribution in [0.1, 0.15) is 5.56 Å². The average Bonchev–Trinajstić information content (AvgIpc) is 2.44. The molecule has 0 saturated carbocycles. The van der Waals surface area contributed by atoms with Gasteiger partial charge in [-0.15, -0.1) is 12.5 Å². The molecular weight excluding hydrogens is 407 g/mol. The van der Waals surface area contributed by atoms with Gasteiger partial charge in [-0.1, -0.05) is 45.6 Å².